The number of rotatable bonds is 4. The summed E-state index contributed by atoms with van der Waals surface area (Å²) < 4.78 is 7.83. The van der Waals surface area contributed by atoms with Crippen LogP contribution < -0.4 is 10.3 Å². The Morgan fingerprint density at radius 3 is 2.50 bits per heavy atom. The zero-order valence-corrected chi connectivity index (χ0v) is 16.0. The fourth-order valence-corrected chi connectivity index (χ4v) is 4.12. The maximum atomic E-state index is 12.9. The molecule has 1 saturated heterocycles. The lowest BCUT2D eigenvalue weighted by molar-refractivity contribution is 0.0965. The molecule has 3 heterocycles. The molecular weight excluding hydrogens is 352 g/mol. The van der Waals surface area contributed by atoms with Gasteiger partial charge in [0.05, 0.1) is 22.8 Å². The summed E-state index contributed by atoms with van der Waals surface area (Å²) in [5, 5.41) is 0.573. The SMILES string of the molecule is Cc1nc2cnccc2c(=O)n1-c1ccc(OC2CCN(C3CC3)CC2)cc1. The first-order valence-electron chi connectivity index (χ1n) is 10.0. The summed E-state index contributed by atoms with van der Waals surface area (Å²) in [6.07, 6.45) is 8.42. The summed E-state index contributed by atoms with van der Waals surface area (Å²) >= 11 is 0. The van der Waals surface area contributed by atoms with E-state index >= 15 is 0 Å². The molecule has 144 valence electrons. The van der Waals surface area contributed by atoms with Gasteiger partial charge in [-0.05, 0) is 62.9 Å². The van der Waals surface area contributed by atoms with Gasteiger partial charge in [0.25, 0.3) is 5.56 Å². The van der Waals surface area contributed by atoms with Crippen LogP contribution in [0, 0.1) is 6.92 Å². The molecule has 2 fully saturated rings. The van der Waals surface area contributed by atoms with E-state index < -0.39 is 0 Å². The average Bonchev–Trinajstić information content (AvgIpc) is 3.55. The Bertz CT molecular complexity index is 1050. The van der Waals surface area contributed by atoms with E-state index in [9.17, 15) is 4.79 Å². The third-order valence-corrected chi connectivity index (χ3v) is 5.78. The molecule has 0 radical (unpaired) electrons. The van der Waals surface area contributed by atoms with Crippen molar-refractivity contribution in [3.63, 3.8) is 0 Å². The van der Waals surface area contributed by atoms with E-state index in [-0.39, 0.29) is 11.7 Å². The van der Waals surface area contributed by atoms with Crippen LogP contribution >= 0.6 is 0 Å². The number of fused-ring (bicyclic) bond motifs is 1. The number of hydrogen-bond donors (Lipinski definition) is 0. The van der Waals surface area contributed by atoms with E-state index in [0.717, 1.165) is 43.4 Å². The third kappa shape index (κ3) is 3.29. The Kier molecular flexibility index (Phi) is 4.36. The Morgan fingerprint density at radius 1 is 1.04 bits per heavy atom. The smallest absolute Gasteiger partial charge is 0.266 e. The Balaban J connectivity index is 1.34. The number of ether oxygens (including phenoxy) is 1. The highest BCUT2D eigenvalue weighted by molar-refractivity contribution is 5.76. The minimum Gasteiger partial charge on any atom is -0.490 e. The molecule has 3 aromatic rings. The van der Waals surface area contributed by atoms with Crippen molar-refractivity contribution in [1.82, 2.24) is 19.4 Å². The van der Waals surface area contributed by atoms with Crippen molar-refractivity contribution in [3.8, 4) is 11.4 Å². The molecular formula is C22H24N4O2. The molecule has 1 aromatic carbocycles. The van der Waals surface area contributed by atoms with Crippen molar-refractivity contribution >= 4 is 10.9 Å². The topological polar surface area (TPSA) is 60.3 Å². The maximum absolute atomic E-state index is 12.9. The van der Waals surface area contributed by atoms with Gasteiger partial charge in [-0.25, -0.2) is 4.98 Å². The molecule has 0 amide bonds. The lowest BCUT2D eigenvalue weighted by atomic mass is 10.1. The molecule has 1 aliphatic heterocycles. The lowest BCUT2D eigenvalue weighted by Crippen LogP contribution is -2.39. The van der Waals surface area contributed by atoms with E-state index in [0.29, 0.717) is 16.7 Å². The molecule has 6 heteroatoms. The molecule has 0 atom stereocenters. The first-order chi connectivity index (χ1) is 13.7. The molecule has 2 aromatic heterocycles. The van der Waals surface area contributed by atoms with Gasteiger partial charge in [0.2, 0.25) is 0 Å². The normalized spacial score (nSPS) is 18.5. The summed E-state index contributed by atoms with van der Waals surface area (Å²) in [5.41, 5.74) is 1.34. The molecule has 0 spiro atoms. The van der Waals surface area contributed by atoms with Gasteiger partial charge < -0.3 is 9.64 Å². The Labute approximate surface area is 163 Å². The van der Waals surface area contributed by atoms with Crippen LogP contribution in [0.1, 0.15) is 31.5 Å². The predicted octanol–water partition coefficient (Wildman–Crippen LogP) is 3.09. The predicted molar refractivity (Wildman–Crippen MR) is 108 cm³/mol. The first-order valence-corrected chi connectivity index (χ1v) is 10.0. The summed E-state index contributed by atoms with van der Waals surface area (Å²) in [7, 11) is 0. The summed E-state index contributed by atoms with van der Waals surface area (Å²) in [5.74, 6) is 1.50. The number of hydrogen-bond acceptors (Lipinski definition) is 5. The zero-order chi connectivity index (χ0) is 19.1. The van der Waals surface area contributed by atoms with Crippen LogP contribution in [0.3, 0.4) is 0 Å². The fraction of sp³-hybridized carbons (Fsp3) is 0.409. The number of piperidine rings is 1. The first kappa shape index (κ1) is 17.4. The van der Waals surface area contributed by atoms with E-state index in [1.54, 1.807) is 23.0 Å². The number of aryl methyl sites for hydroxylation is 1. The van der Waals surface area contributed by atoms with Crippen LogP contribution in [0.4, 0.5) is 0 Å². The number of pyridine rings is 1. The van der Waals surface area contributed by atoms with E-state index in [2.05, 4.69) is 14.9 Å². The third-order valence-electron chi connectivity index (χ3n) is 5.78. The van der Waals surface area contributed by atoms with Crippen molar-refractivity contribution in [3.05, 3.63) is 58.9 Å². The minimum atomic E-state index is -0.0778. The Morgan fingerprint density at radius 2 is 1.79 bits per heavy atom. The number of benzene rings is 1. The van der Waals surface area contributed by atoms with Gasteiger partial charge in [-0.2, -0.15) is 0 Å². The highest BCUT2D eigenvalue weighted by Gasteiger charge is 2.32. The maximum Gasteiger partial charge on any atom is 0.266 e. The summed E-state index contributed by atoms with van der Waals surface area (Å²) in [6, 6.07) is 10.3. The van der Waals surface area contributed by atoms with E-state index in [4.69, 9.17) is 4.74 Å². The van der Waals surface area contributed by atoms with Crippen LogP contribution in [0.25, 0.3) is 16.6 Å². The van der Waals surface area contributed by atoms with Crippen LogP contribution in [-0.4, -0.2) is 44.7 Å². The van der Waals surface area contributed by atoms with Gasteiger partial charge in [-0.15, -0.1) is 0 Å². The monoisotopic (exact) mass is 376 g/mol. The lowest BCUT2D eigenvalue weighted by Gasteiger charge is -2.32. The largest absolute Gasteiger partial charge is 0.490 e. The van der Waals surface area contributed by atoms with E-state index in [1.807, 2.05) is 31.2 Å². The van der Waals surface area contributed by atoms with Gasteiger partial charge in [0.1, 0.15) is 17.7 Å². The molecule has 5 rings (SSSR count). The van der Waals surface area contributed by atoms with Crippen LogP contribution in [0.15, 0.2) is 47.5 Å². The van der Waals surface area contributed by atoms with Crippen molar-refractivity contribution in [2.24, 2.45) is 0 Å². The van der Waals surface area contributed by atoms with Crippen molar-refractivity contribution in [2.75, 3.05) is 13.1 Å². The number of likely N-dealkylation sites (tertiary alicyclic amines) is 1. The van der Waals surface area contributed by atoms with Crippen molar-refractivity contribution in [1.29, 1.82) is 0 Å². The molecule has 0 unspecified atom stereocenters. The molecule has 1 saturated carbocycles. The molecule has 1 aliphatic carbocycles. The molecule has 6 nitrogen and oxygen atoms in total. The molecule has 2 aliphatic rings. The second kappa shape index (κ2) is 7.02. The minimum absolute atomic E-state index is 0.0778. The quantitative estimate of drug-likeness (QED) is 0.700. The average molecular weight is 376 g/mol. The van der Waals surface area contributed by atoms with Crippen molar-refractivity contribution < 1.29 is 4.74 Å². The van der Waals surface area contributed by atoms with Crippen LogP contribution in [0.2, 0.25) is 0 Å². The van der Waals surface area contributed by atoms with Gasteiger partial charge in [0.15, 0.2) is 0 Å². The van der Waals surface area contributed by atoms with E-state index in [1.165, 1.54) is 12.8 Å². The van der Waals surface area contributed by atoms with Crippen molar-refractivity contribution in [2.45, 2.75) is 44.8 Å². The molecule has 28 heavy (non-hydrogen) atoms. The molecule has 0 N–H and O–H groups in total. The van der Waals surface area contributed by atoms with Crippen LogP contribution in [0.5, 0.6) is 5.75 Å². The summed E-state index contributed by atoms with van der Waals surface area (Å²) in [6.45, 7) is 4.12. The fourth-order valence-electron chi connectivity index (χ4n) is 4.12. The second-order valence-electron chi connectivity index (χ2n) is 7.77. The second-order valence-corrected chi connectivity index (χ2v) is 7.77. The number of nitrogens with zero attached hydrogens (tertiary/aromatic N) is 4. The van der Waals surface area contributed by atoms with Gasteiger partial charge in [-0.1, -0.05) is 0 Å². The zero-order valence-electron chi connectivity index (χ0n) is 16.0. The molecule has 0 bridgehead atoms. The highest BCUT2D eigenvalue weighted by atomic mass is 16.5. The standard InChI is InChI=1S/C22H24N4O2/c1-15-24-21-14-23-11-8-20(21)22(27)26(15)17-4-6-18(7-5-17)28-19-9-12-25(13-10-19)16-2-3-16/h4-8,11,14,16,19H,2-3,9-10,12-13H2,1H3. The highest BCUT2D eigenvalue weighted by Crippen LogP contribution is 2.30. The van der Waals surface area contributed by atoms with Gasteiger partial charge in [0, 0.05) is 25.3 Å². The Hall–Kier alpha value is -2.73. The van der Waals surface area contributed by atoms with Crippen LogP contribution in [-0.2, 0) is 0 Å². The van der Waals surface area contributed by atoms with Gasteiger partial charge in [-0.3, -0.25) is 14.3 Å². The number of aromatic nitrogens is 3. The summed E-state index contributed by atoms with van der Waals surface area (Å²) in [4.78, 5) is 24.1. The van der Waals surface area contributed by atoms with Gasteiger partial charge >= 0.3 is 0 Å².